The summed E-state index contributed by atoms with van der Waals surface area (Å²) in [6, 6.07) is 20.6. The predicted octanol–water partition coefficient (Wildman–Crippen LogP) is 5.10. The van der Waals surface area contributed by atoms with Crippen LogP contribution in [0.5, 0.6) is 0 Å². The number of para-hydroxylation sites is 1. The summed E-state index contributed by atoms with van der Waals surface area (Å²) < 4.78 is 1.95. The molecule has 0 saturated heterocycles. The molecule has 5 aromatic rings. The first-order chi connectivity index (χ1) is 18.5. The summed E-state index contributed by atoms with van der Waals surface area (Å²) in [7, 11) is 0. The van der Waals surface area contributed by atoms with Crippen molar-refractivity contribution >= 4 is 34.0 Å². The van der Waals surface area contributed by atoms with Gasteiger partial charge in [0.1, 0.15) is 23.5 Å². The summed E-state index contributed by atoms with van der Waals surface area (Å²) in [4.78, 5) is 36.5. The molecule has 2 N–H and O–H groups in total. The van der Waals surface area contributed by atoms with E-state index in [4.69, 9.17) is 4.98 Å². The van der Waals surface area contributed by atoms with Crippen molar-refractivity contribution < 1.29 is 4.79 Å². The van der Waals surface area contributed by atoms with Crippen LogP contribution in [0.4, 0.5) is 17.2 Å². The molecule has 0 spiro atoms. The monoisotopic (exact) mass is 505 g/mol. The summed E-state index contributed by atoms with van der Waals surface area (Å²) >= 11 is 0. The van der Waals surface area contributed by atoms with Gasteiger partial charge in [0.2, 0.25) is 0 Å². The van der Waals surface area contributed by atoms with E-state index in [1.54, 1.807) is 17.3 Å². The van der Waals surface area contributed by atoms with E-state index in [-0.39, 0.29) is 23.1 Å². The van der Waals surface area contributed by atoms with Gasteiger partial charge >= 0.3 is 0 Å². The van der Waals surface area contributed by atoms with E-state index in [1.165, 1.54) is 6.07 Å². The molecule has 0 bridgehead atoms. The van der Waals surface area contributed by atoms with Crippen molar-refractivity contribution in [3.8, 4) is 11.5 Å². The summed E-state index contributed by atoms with van der Waals surface area (Å²) in [6.45, 7) is 4.73. The Morgan fingerprint density at radius 2 is 1.89 bits per heavy atom. The van der Waals surface area contributed by atoms with Crippen LogP contribution < -0.4 is 15.6 Å². The summed E-state index contributed by atoms with van der Waals surface area (Å²) in [5.74, 6) is 1.03. The third-order valence-electron chi connectivity index (χ3n) is 6.81. The second kappa shape index (κ2) is 9.59. The Kier molecular flexibility index (Phi) is 5.95. The lowest BCUT2D eigenvalue weighted by atomic mass is 10.0. The van der Waals surface area contributed by atoms with Gasteiger partial charge in [0, 0.05) is 24.3 Å². The van der Waals surface area contributed by atoms with Crippen LogP contribution >= 0.6 is 0 Å². The highest BCUT2D eigenvalue weighted by Gasteiger charge is 2.24. The fraction of sp³-hybridized carbons (Fsp3) is 0.207. The minimum absolute atomic E-state index is 0.186. The summed E-state index contributed by atoms with van der Waals surface area (Å²) in [5.41, 5.74) is 3.91. The van der Waals surface area contributed by atoms with Crippen LogP contribution in [-0.2, 0) is 6.42 Å². The number of aryl methyl sites for hydroxylation is 1. The molecule has 9 heteroatoms. The number of hydrogen-bond acceptors (Lipinski definition) is 6. The number of nitrogens with one attached hydrogen (secondary N) is 2. The number of carbonyl (C=O) groups excluding carboxylic acids is 1. The van der Waals surface area contributed by atoms with Gasteiger partial charge in [0.15, 0.2) is 11.3 Å². The minimum Gasteiger partial charge on any atom is -0.350 e. The Morgan fingerprint density at radius 3 is 2.76 bits per heavy atom. The average Bonchev–Trinajstić information content (AvgIpc) is 3.43. The number of nitrogens with zero attached hydrogens (tertiary/aromatic N) is 5. The Labute approximate surface area is 219 Å². The number of H-pyrrole nitrogens is 1. The maximum absolute atomic E-state index is 13.5. The molecule has 9 nitrogen and oxygen atoms in total. The molecule has 190 valence electrons. The molecule has 1 amide bonds. The number of pyridine rings is 2. The van der Waals surface area contributed by atoms with E-state index < -0.39 is 0 Å². The van der Waals surface area contributed by atoms with Gasteiger partial charge in [0.25, 0.3) is 5.91 Å². The molecule has 1 aliphatic rings. The first-order valence-electron chi connectivity index (χ1n) is 12.7. The molecule has 2 aromatic carbocycles. The normalized spacial score (nSPS) is 13.1. The van der Waals surface area contributed by atoms with Crippen LogP contribution in [0.1, 0.15) is 42.4 Å². The lowest BCUT2D eigenvalue weighted by Crippen LogP contribution is -2.36. The maximum atomic E-state index is 13.5. The summed E-state index contributed by atoms with van der Waals surface area (Å²) in [5, 5.41) is 12.0. The van der Waals surface area contributed by atoms with Crippen molar-refractivity contribution in [2.75, 3.05) is 16.8 Å². The number of benzene rings is 2. The molecule has 38 heavy (non-hydrogen) atoms. The van der Waals surface area contributed by atoms with E-state index in [2.05, 4.69) is 34.3 Å². The van der Waals surface area contributed by atoms with Gasteiger partial charge in [0.05, 0.1) is 16.6 Å². The Balaban J connectivity index is 1.34. The minimum atomic E-state index is -0.244. The van der Waals surface area contributed by atoms with Crippen molar-refractivity contribution in [3.05, 3.63) is 94.5 Å². The van der Waals surface area contributed by atoms with Gasteiger partial charge in [-0.1, -0.05) is 30.3 Å². The number of fused-ring (bicyclic) bond motifs is 2. The van der Waals surface area contributed by atoms with Gasteiger partial charge in [-0.2, -0.15) is 0 Å². The Bertz CT molecular complexity index is 1720. The Morgan fingerprint density at radius 1 is 1.05 bits per heavy atom. The van der Waals surface area contributed by atoms with Gasteiger partial charge < -0.3 is 19.8 Å². The van der Waals surface area contributed by atoms with Crippen molar-refractivity contribution in [1.82, 2.24) is 24.7 Å². The lowest BCUT2D eigenvalue weighted by molar-refractivity contribution is 0.0980. The second-order valence-electron chi connectivity index (χ2n) is 9.65. The largest absolute Gasteiger partial charge is 0.350 e. The second-order valence-corrected chi connectivity index (χ2v) is 9.65. The number of aromatic amines is 1. The van der Waals surface area contributed by atoms with Crippen LogP contribution in [0.3, 0.4) is 0 Å². The number of hydrogen-bond donors (Lipinski definition) is 2. The number of amides is 1. The summed E-state index contributed by atoms with van der Waals surface area (Å²) in [6.07, 6.45) is 3.51. The van der Waals surface area contributed by atoms with E-state index in [1.807, 2.05) is 59.2 Å². The molecule has 0 fully saturated rings. The predicted molar refractivity (Wildman–Crippen MR) is 148 cm³/mol. The Hall–Kier alpha value is -4.79. The maximum Gasteiger partial charge on any atom is 0.274 e. The molecule has 6 rings (SSSR count). The van der Waals surface area contributed by atoms with Crippen molar-refractivity contribution in [1.29, 1.82) is 0 Å². The lowest BCUT2D eigenvalue weighted by Gasteiger charge is -2.29. The van der Waals surface area contributed by atoms with Crippen LogP contribution in [-0.4, -0.2) is 37.2 Å². The first-order valence-corrected chi connectivity index (χ1v) is 12.7. The van der Waals surface area contributed by atoms with Gasteiger partial charge in [-0.25, -0.2) is 4.98 Å². The zero-order valence-electron chi connectivity index (χ0n) is 21.2. The molecule has 0 aliphatic carbocycles. The molecule has 0 radical (unpaired) electrons. The molecule has 0 saturated carbocycles. The topological polar surface area (TPSA) is 109 Å². The molecule has 0 atom stereocenters. The van der Waals surface area contributed by atoms with Crippen LogP contribution in [0.15, 0.2) is 77.9 Å². The smallest absolute Gasteiger partial charge is 0.274 e. The van der Waals surface area contributed by atoms with Crippen molar-refractivity contribution in [2.45, 2.75) is 32.7 Å². The van der Waals surface area contributed by atoms with Crippen molar-refractivity contribution in [3.63, 3.8) is 0 Å². The molecular weight excluding hydrogens is 478 g/mol. The first kappa shape index (κ1) is 23.6. The highest BCUT2D eigenvalue weighted by molar-refractivity contribution is 6.07. The van der Waals surface area contributed by atoms with Crippen molar-refractivity contribution in [2.24, 2.45) is 0 Å². The molecule has 3 aromatic heterocycles. The van der Waals surface area contributed by atoms with Gasteiger partial charge in [-0.3, -0.25) is 9.59 Å². The standard InChI is InChI=1S/C29H27N7O2/c1-18(2)36-17-30-34-28(36)22-12-6-14-26(33-22)32-21-11-5-10-20-27(21)25(37)16-23(31-20)29(38)35-15-7-9-19-8-3-4-13-24(19)35/h3-6,8,10-14,16-18H,7,9,15H2,1-2H3,(H,31,37)(H,32,33). The number of anilines is 3. The van der Waals surface area contributed by atoms with E-state index >= 15 is 0 Å². The van der Waals surface area contributed by atoms with Gasteiger partial charge in [-0.15, -0.1) is 10.2 Å². The number of carbonyl (C=O) groups is 1. The third-order valence-corrected chi connectivity index (χ3v) is 6.81. The zero-order chi connectivity index (χ0) is 26.2. The molecule has 4 heterocycles. The SMILES string of the molecule is CC(C)n1cnnc1-c1cccc(Nc2cccc3[nH]c(C(=O)N4CCCc5ccccc54)cc(=O)c23)n1. The molecule has 1 aliphatic heterocycles. The van der Waals surface area contributed by atoms with E-state index in [9.17, 15) is 9.59 Å². The third kappa shape index (κ3) is 4.21. The highest BCUT2D eigenvalue weighted by Crippen LogP contribution is 2.29. The van der Waals surface area contributed by atoms with E-state index in [0.717, 1.165) is 24.1 Å². The highest BCUT2D eigenvalue weighted by atomic mass is 16.2. The quantitative estimate of drug-likeness (QED) is 0.344. The van der Waals surface area contributed by atoms with Crippen LogP contribution in [0.25, 0.3) is 22.4 Å². The fourth-order valence-corrected chi connectivity index (χ4v) is 4.99. The number of rotatable bonds is 5. The van der Waals surface area contributed by atoms with Crippen LogP contribution in [0, 0.1) is 0 Å². The average molecular weight is 506 g/mol. The molecular formula is C29H27N7O2. The molecule has 0 unspecified atom stereocenters. The fourth-order valence-electron chi connectivity index (χ4n) is 4.99. The van der Waals surface area contributed by atoms with E-state index in [0.29, 0.717) is 40.5 Å². The van der Waals surface area contributed by atoms with Crippen LogP contribution in [0.2, 0.25) is 0 Å². The zero-order valence-corrected chi connectivity index (χ0v) is 21.2. The number of aromatic nitrogens is 5. The van der Waals surface area contributed by atoms with Gasteiger partial charge in [-0.05, 0) is 62.6 Å².